The van der Waals surface area contributed by atoms with Crippen LogP contribution in [0.2, 0.25) is 0 Å². The third-order valence-corrected chi connectivity index (χ3v) is 5.26. The number of nitrogens with one attached hydrogen (secondary N) is 2. The fourth-order valence-corrected chi connectivity index (χ4v) is 3.43. The fraction of sp³-hybridized carbons (Fsp3) is 0.235. The minimum atomic E-state index is -3.74. The van der Waals surface area contributed by atoms with Crippen LogP contribution in [-0.4, -0.2) is 27.5 Å². The van der Waals surface area contributed by atoms with Crippen molar-refractivity contribution in [3.8, 4) is 5.75 Å². The highest BCUT2D eigenvalue weighted by molar-refractivity contribution is 9.10. The Morgan fingerprint density at radius 3 is 2.50 bits per heavy atom. The molecule has 0 heterocycles. The molecule has 0 aliphatic rings. The highest BCUT2D eigenvalue weighted by atomic mass is 79.9. The molecule has 9 heteroatoms. The van der Waals surface area contributed by atoms with Crippen molar-refractivity contribution in [3.63, 3.8) is 0 Å². The molecule has 0 saturated heterocycles. The van der Waals surface area contributed by atoms with Crippen molar-refractivity contribution in [2.75, 3.05) is 18.5 Å². The lowest BCUT2D eigenvalue weighted by molar-refractivity contribution is -0.116. The molecule has 0 aliphatic carbocycles. The summed E-state index contributed by atoms with van der Waals surface area (Å²) >= 11 is 3.12. The summed E-state index contributed by atoms with van der Waals surface area (Å²) in [6.45, 7) is 2.20. The van der Waals surface area contributed by atoms with E-state index >= 15 is 0 Å². The number of hydrogen-bond donors (Lipinski definition) is 2. The molecule has 0 unspecified atom stereocenters. The number of halogens is 2. The maximum Gasteiger partial charge on any atom is 0.240 e. The first-order valence-corrected chi connectivity index (χ1v) is 10.1. The fourth-order valence-electron chi connectivity index (χ4n) is 2.07. The topological polar surface area (TPSA) is 84.5 Å². The van der Waals surface area contributed by atoms with E-state index in [-0.39, 0.29) is 23.5 Å². The number of carbonyl (C=O) groups excluding carboxylic acids is 1. The minimum absolute atomic E-state index is 0.0348. The van der Waals surface area contributed by atoms with E-state index in [1.807, 2.05) is 6.92 Å². The summed E-state index contributed by atoms with van der Waals surface area (Å²) in [5, 5.41) is 2.40. The lowest BCUT2D eigenvalue weighted by Gasteiger charge is -2.09. The molecule has 0 aromatic heterocycles. The summed E-state index contributed by atoms with van der Waals surface area (Å²) in [5.41, 5.74) is 0.0348. The van der Waals surface area contributed by atoms with Crippen LogP contribution in [0.1, 0.15) is 13.3 Å². The second-order valence-corrected chi connectivity index (χ2v) is 7.91. The van der Waals surface area contributed by atoms with Gasteiger partial charge in [-0.25, -0.2) is 17.5 Å². The van der Waals surface area contributed by atoms with Crippen LogP contribution in [0.25, 0.3) is 0 Å². The maximum atomic E-state index is 13.7. The molecule has 0 bridgehead atoms. The second-order valence-electron chi connectivity index (χ2n) is 5.22. The Morgan fingerprint density at radius 2 is 1.88 bits per heavy atom. The maximum absolute atomic E-state index is 13.7. The Bertz CT molecular complexity index is 873. The highest BCUT2D eigenvalue weighted by Gasteiger charge is 2.15. The number of anilines is 1. The monoisotopic (exact) mass is 444 g/mol. The zero-order valence-electron chi connectivity index (χ0n) is 14.0. The first kappa shape index (κ1) is 20.3. The number of carbonyl (C=O) groups is 1. The van der Waals surface area contributed by atoms with Crippen molar-refractivity contribution < 1.29 is 22.3 Å². The zero-order valence-corrected chi connectivity index (χ0v) is 16.4. The van der Waals surface area contributed by atoms with Crippen molar-refractivity contribution in [1.29, 1.82) is 0 Å². The van der Waals surface area contributed by atoms with Crippen LogP contribution < -0.4 is 14.8 Å². The molecule has 0 atom stereocenters. The van der Waals surface area contributed by atoms with Crippen LogP contribution in [-0.2, 0) is 14.8 Å². The van der Waals surface area contributed by atoms with E-state index in [0.29, 0.717) is 16.8 Å². The molecule has 2 aromatic carbocycles. The van der Waals surface area contributed by atoms with Crippen LogP contribution in [0.3, 0.4) is 0 Å². The number of benzene rings is 2. The third kappa shape index (κ3) is 5.79. The Morgan fingerprint density at radius 1 is 1.19 bits per heavy atom. The van der Waals surface area contributed by atoms with Gasteiger partial charge in [0.2, 0.25) is 15.9 Å². The van der Waals surface area contributed by atoms with E-state index in [1.165, 1.54) is 24.3 Å². The molecule has 6 nitrogen and oxygen atoms in total. The summed E-state index contributed by atoms with van der Waals surface area (Å²) in [6, 6.07) is 10.2. The molecule has 0 saturated carbocycles. The van der Waals surface area contributed by atoms with Gasteiger partial charge in [-0.1, -0.05) is 15.9 Å². The van der Waals surface area contributed by atoms with Crippen LogP contribution in [0, 0.1) is 5.82 Å². The second kappa shape index (κ2) is 9.11. The summed E-state index contributed by atoms with van der Waals surface area (Å²) in [6.07, 6.45) is -0.133. The molecule has 1 amide bonds. The number of rotatable bonds is 8. The molecule has 0 radical (unpaired) electrons. The Labute approximate surface area is 159 Å². The van der Waals surface area contributed by atoms with Gasteiger partial charge in [0, 0.05) is 17.4 Å². The van der Waals surface area contributed by atoms with E-state index < -0.39 is 21.7 Å². The molecule has 0 spiro atoms. The normalized spacial score (nSPS) is 11.2. The van der Waals surface area contributed by atoms with Crippen molar-refractivity contribution in [3.05, 3.63) is 52.8 Å². The van der Waals surface area contributed by atoms with E-state index in [0.717, 1.165) is 0 Å². The predicted molar refractivity (Wildman–Crippen MR) is 100 cm³/mol. The first-order valence-electron chi connectivity index (χ1n) is 7.79. The highest BCUT2D eigenvalue weighted by Crippen LogP contribution is 2.19. The van der Waals surface area contributed by atoms with Crippen molar-refractivity contribution >= 4 is 37.5 Å². The Balaban J connectivity index is 1.88. The molecule has 2 N–H and O–H groups in total. The summed E-state index contributed by atoms with van der Waals surface area (Å²) in [4.78, 5) is 11.9. The van der Waals surface area contributed by atoms with Gasteiger partial charge in [-0.3, -0.25) is 4.79 Å². The van der Waals surface area contributed by atoms with Crippen LogP contribution in [0.5, 0.6) is 5.75 Å². The smallest absolute Gasteiger partial charge is 0.240 e. The van der Waals surface area contributed by atoms with Gasteiger partial charge in [0.1, 0.15) is 11.6 Å². The first-order chi connectivity index (χ1) is 12.3. The van der Waals surface area contributed by atoms with Crippen LogP contribution >= 0.6 is 15.9 Å². The van der Waals surface area contributed by atoms with E-state index in [1.54, 1.807) is 18.2 Å². The lowest BCUT2D eigenvalue weighted by atomic mass is 10.3. The third-order valence-electron chi connectivity index (χ3n) is 3.29. The summed E-state index contributed by atoms with van der Waals surface area (Å²) in [7, 11) is -3.74. The number of sulfonamides is 1. The van der Waals surface area contributed by atoms with Gasteiger partial charge in [0.15, 0.2) is 0 Å². The van der Waals surface area contributed by atoms with Crippen LogP contribution in [0.15, 0.2) is 51.8 Å². The average Bonchev–Trinajstić information content (AvgIpc) is 2.58. The molecule has 0 fully saturated rings. The summed E-state index contributed by atoms with van der Waals surface area (Å²) in [5.74, 6) is -0.509. The average molecular weight is 445 g/mol. The largest absolute Gasteiger partial charge is 0.494 e. The number of ether oxygens (including phenoxy) is 1. The SMILES string of the molecule is CCOc1ccc(S(=O)(=O)NCCC(=O)Nc2ccc(Br)cc2F)cc1. The number of amides is 1. The summed E-state index contributed by atoms with van der Waals surface area (Å²) < 4.78 is 46.2. The number of hydrogen-bond acceptors (Lipinski definition) is 4. The van der Waals surface area contributed by atoms with Crippen molar-refractivity contribution in [2.45, 2.75) is 18.2 Å². The lowest BCUT2D eigenvalue weighted by Crippen LogP contribution is -2.28. The van der Waals surface area contributed by atoms with Gasteiger partial charge in [-0.15, -0.1) is 0 Å². The van der Waals surface area contributed by atoms with Gasteiger partial charge in [-0.2, -0.15) is 0 Å². The molecule has 0 aliphatic heterocycles. The Hall–Kier alpha value is -1.97. The molecular formula is C17H18BrFN2O4S. The van der Waals surface area contributed by atoms with Gasteiger partial charge < -0.3 is 10.1 Å². The quantitative estimate of drug-likeness (QED) is 0.653. The van der Waals surface area contributed by atoms with Gasteiger partial charge >= 0.3 is 0 Å². The van der Waals surface area contributed by atoms with Crippen LogP contribution in [0.4, 0.5) is 10.1 Å². The molecular weight excluding hydrogens is 427 g/mol. The zero-order chi connectivity index (χ0) is 19.2. The minimum Gasteiger partial charge on any atom is -0.494 e. The van der Waals surface area contributed by atoms with E-state index in [2.05, 4.69) is 26.0 Å². The molecule has 2 rings (SSSR count). The van der Waals surface area contributed by atoms with Gasteiger partial charge in [0.25, 0.3) is 0 Å². The van der Waals surface area contributed by atoms with Gasteiger partial charge in [0.05, 0.1) is 17.2 Å². The molecule has 2 aromatic rings. The van der Waals surface area contributed by atoms with Crippen molar-refractivity contribution in [1.82, 2.24) is 4.72 Å². The van der Waals surface area contributed by atoms with Crippen molar-refractivity contribution in [2.24, 2.45) is 0 Å². The molecule has 26 heavy (non-hydrogen) atoms. The van der Waals surface area contributed by atoms with E-state index in [9.17, 15) is 17.6 Å². The molecule has 140 valence electrons. The van der Waals surface area contributed by atoms with E-state index in [4.69, 9.17) is 4.74 Å². The Kier molecular flexibility index (Phi) is 7.13. The standard InChI is InChI=1S/C17H18BrFN2O4S/c1-2-25-13-4-6-14(7-5-13)26(23,24)20-10-9-17(22)21-16-8-3-12(18)11-15(16)19/h3-8,11,20H,2,9-10H2,1H3,(H,21,22). The predicted octanol–water partition coefficient (Wildman–Crippen LogP) is 3.29. The van der Waals surface area contributed by atoms with Gasteiger partial charge in [-0.05, 0) is 49.4 Å².